The fourth-order valence-electron chi connectivity index (χ4n) is 5.26. The Kier molecular flexibility index (Phi) is 7.94. The highest BCUT2D eigenvalue weighted by Gasteiger charge is 2.48. The molecule has 0 spiro atoms. The predicted octanol–water partition coefficient (Wildman–Crippen LogP) is 2.49. The van der Waals surface area contributed by atoms with E-state index in [1.54, 1.807) is 4.90 Å². The number of anilines is 1. The minimum Gasteiger partial charge on any atom is -0.381 e. The van der Waals surface area contributed by atoms with Crippen LogP contribution in [0.15, 0.2) is 12.3 Å². The number of ether oxygens (including phenoxy) is 2. The number of rotatable bonds is 7. The Balaban J connectivity index is 1.37. The first-order valence-corrected chi connectivity index (χ1v) is 12.2. The predicted molar refractivity (Wildman–Crippen MR) is 119 cm³/mol. The largest absolute Gasteiger partial charge is 0.433 e. The molecule has 8 nitrogen and oxygen atoms in total. The molecule has 1 amide bonds. The molecule has 1 unspecified atom stereocenters. The zero-order valence-corrected chi connectivity index (χ0v) is 19.6. The maximum Gasteiger partial charge on any atom is 0.433 e. The normalized spacial score (nSPS) is 28.4. The quantitative estimate of drug-likeness (QED) is 0.636. The molecule has 3 aliphatic rings. The molecule has 1 saturated carbocycles. The topological polar surface area (TPSA) is 79.8 Å². The number of piperazine rings is 1. The van der Waals surface area contributed by atoms with Gasteiger partial charge in [-0.15, -0.1) is 0 Å². The van der Waals surface area contributed by atoms with Gasteiger partial charge in [0.15, 0.2) is 0 Å². The van der Waals surface area contributed by atoms with Crippen molar-refractivity contribution in [3.05, 3.63) is 18.0 Å². The Morgan fingerprint density at radius 2 is 2.06 bits per heavy atom. The zero-order chi connectivity index (χ0) is 24.2. The number of alkyl halides is 3. The van der Waals surface area contributed by atoms with Gasteiger partial charge in [0.25, 0.3) is 0 Å². The molecule has 3 fully saturated rings. The lowest BCUT2D eigenvalue weighted by molar-refractivity contribution is -0.146. The second-order valence-electron chi connectivity index (χ2n) is 9.46. The van der Waals surface area contributed by atoms with E-state index in [1.807, 2.05) is 11.8 Å². The molecule has 0 bridgehead atoms. The van der Waals surface area contributed by atoms with Gasteiger partial charge in [0.2, 0.25) is 11.9 Å². The third-order valence-corrected chi connectivity index (χ3v) is 7.06. The Hall–Kier alpha value is -1.98. The zero-order valence-electron chi connectivity index (χ0n) is 19.6. The van der Waals surface area contributed by atoms with E-state index in [1.165, 1.54) is 0 Å². The van der Waals surface area contributed by atoms with Gasteiger partial charge < -0.3 is 24.6 Å². The number of nitrogens with zero attached hydrogens (tertiary/aromatic N) is 4. The van der Waals surface area contributed by atoms with Crippen LogP contribution in [0.4, 0.5) is 19.1 Å². The molecule has 2 aliphatic heterocycles. The summed E-state index contributed by atoms with van der Waals surface area (Å²) in [6.45, 7) is 5.99. The average Bonchev–Trinajstić information content (AvgIpc) is 3.26. The summed E-state index contributed by atoms with van der Waals surface area (Å²) in [4.78, 5) is 24.9. The van der Waals surface area contributed by atoms with Crippen molar-refractivity contribution in [2.24, 2.45) is 5.41 Å². The van der Waals surface area contributed by atoms with Crippen LogP contribution in [0.5, 0.6) is 0 Å². The fourth-order valence-corrected chi connectivity index (χ4v) is 5.26. The van der Waals surface area contributed by atoms with Crippen LogP contribution in [0.25, 0.3) is 0 Å². The third kappa shape index (κ3) is 5.80. The van der Waals surface area contributed by atoms with Crippen molar-refractivity contribution in [2.75, 3.05) is 57.5 Å². The van der Waals surface area contributed by atoms with Crippen molar-refractivity contribution in [2.45, 2.75) is 57.3 Å². The Morgan fingerprint density at radius 1 is 1.26 bits per heavy atom. The van der Waals surface area contributed by atoms with Crippen molar-refractivity contribution >= 4 is 11.9 Å². The van der Waals surface area contributed by atoms with E-state index in [0.717, 1.165) is 51.0 Å². The van der Waals surface area contributed by atoms with Gasteiger partial charge >= 0.3 is 6.18 Å². The van der Waals surface area contributed by atoms with Crippen LogP contribution in [0, 0.1) is 5.41 Å². The molecular formula is C23H34F3N5O3. The van der Waals surface area contributed by atoms with Crippen molar-refractivity contribution in [3.63, 3.8) is 0 Å². The molecule has 190 valence electrons. The average molecular weight is 486 g/mol. The summed E-state index contributed by atoms with van der Waals surface area (Å²) in [5, 5.41) is 3.68. The van der Waals surface area contributed by atoms with Crippen LogP contribution in [-0.4, -0.2) is 85.5 Å². The highest BCUT2D eigenvalue weighted by molar-refractivity contribution is 5.83. The van der Waals surface area contributed by atoms with Crippen LogP contribution in [0.1, 0.15) is 44.7 Å². The standard InChI is InChI=1S/C23H34F3N5O3/c1-2-33-16-22(7-5-17(14-22)28-18-4-3-13-34-15-18)20(32)30-9-11-31(12-10-30)21-27-8-6-19(29-21)23(24,25)26/h6,8,17-18,28H,2-5,7,9-16H2,1H3/t17-,18?,22+/m1/s1. The molecule has 3 heterocycles. The van der Waals surface area contributed by atoms with Gasteiger partial charge in [-0.1, -0.05) is 0 Å². The Morgan fingerprint density at radius 3 is 2.74 bits per heavy atom. The lowest BCUT2D eigenvalue weighted by Gasteiger charge is -2.40. The molecule has 1 N–H and O–H groups in total. The first-order valence-electron chi connectivity index (χ1n) is 12.2. The van der Waals surface area contributed by atoms with Crippen LogP contribution in [0.2, 0.25) is 0 Å². The molecule has 0 aromatic carbocycles. The van der Waals surface area contributed by atoms with Gasteiger partial charge in [0.05, 0.1) is 18.6 Å². The van der Waals surface area contributed by atoms with Gasteiger partial charge in [-0.05, 0) is 45.1 Å². The van der Waals surface area contributed by atoms with Crippen LogP contribution < -0.4 is 10.2 Å². The molecule has 4 rings (SSSR count). The number of carbonyl (C=O) groups excluding carboxylic acids is 1. The summed E-state index contributed by atoms with van der Waals surface area (Å²) >= 11 is 0. The van der Waals surface area contributed by atoms with E-state index >= 15 is 0 Å². The molecule has 1 aliphatic carbocycles. The van der Waals surface area contributed by atoms with Crippen molar-refractivity contribution in [1.29, 1.82) is 0 Å². The first kappa shape index (κ1) is 25.1. The second-order valence-corrected chi connectivity index (χ2v) is 9.46. The summed E-state index contributed by atoms with van der Waals surface area (Å²) in [7, 11) is 0. The number of amides is 1. The van der Waals surface area contributed by atoms with E-state index in [2.05, 4.69) is 15.3 Å². The number of hydrogen-bond donors (Lipinski definition) is 1. The molecule has 2 saturated heterocycles. The summed E-state index contributed by atoms with van der Waals surface area (Å²) in [6.07, 6.45) is 1.14. The summed E-state index contributed by atoms with van der Waals surface area (Å²) in [5.41, 5.74) is -1.53. The fraction of sp³-hybridized carbons (Fsp3) is 0.783. The minimum atomic E-state index is -4.52. The number of halogens is 3. The number of nitrogens with one attached hydrogen (secondary N) is 1. The Labute approximate surface area is 198 Å². The van der Waals surface area contributed by atoms with Crippen LogP contribution in [-0.2, 0) is 20.4 Å². The molecule has 1 aromatic heterocycles. The van der Waals surface area contributed by atoms with Gasteiger partial charge in [0, 0.05) is 57.7 Å². The molecule has 11 heteroatoms. The second kappa shape index (κ2) is 10.7. The minimum absolute atomic E-state index is 0.0470. The maximum atomic E-state index is 13.7. The lowest BCUT2D eigenvalue weighted by Crippen LogP contribution is -2.54. The van der Waals surface area contributed by atoms with E-state index < -0.39 is 17.3 Å². The highest BCUT2D eigenvalue weighted by Crippen LogP contribution is 2.41. The van der Waals surface area contributed by atoms with Crippen molar-refractivity contribution in [3.8, 4) is 0 Å². The molecular weight excluding hydrogens is 451 g/mol. The molecule has 34 heavy (non-hydrogen) atoms. The molecule has 3 atom stereocenters. The Bertz CT molecular complexity index is 828. The summed E-state index contributed by atoms with van der Waals surface area (Å²) in [6, 6.07) is 1.44. The number of aromatic nitrogens is 2. The smallest absolute Gasteiger partial charge is 0.381 e. The summed E-state index contributed by atoms with van der Waals surface area (Å²) < 4.78 is 50.4. The van der Waals surface area contributed by atoms with Crippen LogP contribution in [0.3, 0.4) is 0 Å². The van der Waals surface area contributed by atoms with Crippen molar-refractivity contribution < 1.29 is 27.4 Å². The van der Waals surface area contributed by atoms with Gasteiger partial charge in [-0.2, -0.15) is 13.2 Å². The number of hydrogen-bond acceptors (Lipinski definition) is 7. The first-order chi connectivity index (χ1) is 16.3. The van der Waals surface area contributed by atoms with Gasteiger partial charge in [0.1, 0.15) is 5.69 Å². The van der Waals surface area contributed by atoms with Crippen molar-refractivity contribution in [1.82, 2.24) is 20.2 Å². The van der Waals surface area contributed by atoms with Gasteiger partial charge in [-0.25, -0.2) is 9.97 Å². The van der Waals surface area contributed by atoms with Gasteiger partial charge in [-0.3, -0.25) is 4.79 Å². The number of carbonyl (C=O) groups is 1. The third-order valence-electron chi connectivity index (χ3n) is 7.06. The van der Waals surface area contributed by atoms with Crippen LogP contribution >= 0.6 is 0 Å². The van der Waals surface area contributed by atoms with E-state index in [-0.39, 0.29) is 17.9 Å². The monoisotopic (exact) mass is 485 g/mol. The highest BCUT2D eigenvalue weighted by atomic mass is 19.4. The SMILES string of the molecule is CCOC[C@]1(C(=O)N2CCN(c3nccc(C(F)(F)F)n3)CC2)CC[C@@H](NC2CCCOC2)C1. The van der Waals surface area contributed by atoms with E-state index in [9.17, 15) is 18.0 Å². The molecule has 1 aromatic rings. The molecule has 0 radical (unpaired) electrons. The van der Waals surface area contributed by atoms with E-state index in [4.69, 9.17) is 9.47 Å². The summed E-state index contributed by atoms with van der Waals surface area (Å²) in [5.74, 6) is 0.125. The lowest BCUT2D eigenvalue weighted by atomic mass is 9.84. The van der Waals surface area contributed by atoms with E-state index in [0.29, 0.717) is 52.0 Å². The maximum absolute atomic E-state index is 13.7.